The molecule has 0 aromatic carbocycles. The van der Waals surface area contributed by atoms with Gasteiger partial charge in [0.1, 0.15) is 5.65 Å². The molecule has 2 N–H and O–H groups in total. The Labute approximate surface area is 189 Å². The molecule has 8 heteroatoms. The predicted molar refractivity (Wildman–Crippen MR) is 126 cm³/mol. The van der Waals surface area contributed by atoms with E-state index in [0.29, 0.717) is 28.9 Å². The molecule has 4 heterocycles. The average molecular weight is 441 g/mol. The molecule has 0 bridgehead atoms. The van der Waals surface area contributed by atoms with Crippen LogP contribution in [0, 0.1) is 0 Å². The maximum Gasteiger partial charge on any atom is 0.254 e. The lowest BCUT2D eigenvalue weighted by molar-refractivity contribution is 0.0950. The number of allylic oxidation sites excluding steroid dienone is 1. The summed E-state index contributed by atoms with van der Waals surface area (Å²) in [7, 11) is 0. The molecule has 1 amide bonds. The Morgan fingerprint density at radius 2 is 2.12 bits per heavy atom. The van der Waals surface area contributed by atoms with Gasteiger partial charge in [-0.1, -0.05) is 31.4 Å². The van der Waals surface area contributed by atoms with E-state index in [9.17, 15) is 9.59 Å². The van der Waals surface area contributed by atoms with Crippen molar-refractivity contribution in [2.45, 2.75) is 31.8 Å². The van der Waals surface area contributed by atoms with Gasteiger partial charge in [0.05, 0.1) is 24.0 Å². The van der Waals surface area contributed by atoms with Gasteiger partial charge in [0.15, 0.2) is 0 Å². The number of nitrogens with one attached hydrogen (secondary N) is 2. The van der Waals surface area contributed by atoms with Crippen molar-refractivity contribution < 1.29 is 4.79 Å². The smallest absolute Gasteiger partial charge is 0.254 e. The van der Waals surface area contributed by atoms with Gasteiger partial charge < -0.3 is 14.7 Å². The Morgan fingerprint density at radius 1 is 1.27 bits per heavy atom. The van der Waals surface area contributed by atoms with Crippen molar-refractivity contribution in [1.29, 1.82) is 0 Å². The number of nitrogens with zero attached hydrogens (tertiary/aromatic N) is 4. The first-order valence-electron chi connectivity index (χ1n) is 10.8. The molecule has 5 rings (SSSR count). The summed E-state index contributed by atoms with van der Waals surface area (Å²) in [6.45, 7) is 8.19. The zero-order chi connectivity index (χ0) is 22.9. The largest absolute Gasteiger partial charge is 0.348 e. The van der Waals surface area contributed by atoms with Crippen LogP contribution in [0.5, 0.6) is 0 Å². The number of hydrogen-bond donors (Lipinski definition) is 2. The highest BCUT2D eigenvalue weighted by atomic mass is 16.1. The fourth-order valence-electron chi connectivity index (χ4n) is 3.96. The number of pyridine rings is 2. The molecule has 1 aliphatic carbocycles. The number of imidazole rings is 1. The Morgan fingerprint density at radius 3 is 2.91 bits per heavy atom. The van der Waals surface area contributed by atoms with Gasteiger partial charge in [-0.15, -0.1) is 0 Å². The highest BCUT2D eigenvalue weighted by Crippen LogP contribution is 2.39. The van der Waals surface area contributed by atoms with E-state index >= 15 is 0 Å². The monoisotopic (exact) mass is 440 g/mol. The Hall–Kier alpha value is -4.20. The van der Waals surface area contributed by atoms with E-state index in [1.54, 1.807) is 23.0 Å². The van der Waals surface area contributed by atoms with Crippen LogP contribution in [0.25, 0.3) is 18.3 Å². The van der Waals surface area contributed by atoms with E-state index in [1.165, 1.54) is 30.7 Å². The predicted octanol–water partition coefficient (Wildman–Crippen LogP) is 1.45. The van der Waals surface area contributed by atoms with Crippen LogP contribution in [0.1, 0.15) is 45.9 Å². The van der Waals surface area contributed by atoms with Crippen LogP contribution in [-0.4, -0.2) is 30.1 Å². The van der Waals surface area contributed by atoms with E-state index in [0.717, 1.165) is 16.6 Å². The molecule has 1 aliphatic rings. The molecule has 4 aromatic rings. The molecule has 166 valence electrons. The summed E-state index contributed by atoms with van der Waals surface area (Å²) < 4.78 is 3.74. The lowest BCUT2D eigenvalue weighted by atomic mass is 10.1. The molecule has 4 aromatic heterocycles. The van der Waals surface area contributed by atoms with E-state index in [1.807, 2.05) is 12.3 Å². The maximum atomic E-state index is 12.7. The molecule has 0 atom stereocenters. The number of aromatic nitrogens is 5. The van der Waals surface area contributed by atoms with Gasteiger partial charge in [0.25, 0.3) is 5.91 Å². The minimum atomic E-state index is -0.277. The standard InChI is InChI=1S/C25H24N6O2/c1-3-4-22-16(2)28-24(32)9-19(22)10-26-25(33)20-11-27-31(13-20)15-21-14-30-12-18(17-5-6-17)7-8-23(30)29-21/h3-4,7-9,11-14,17H,1-2,5-6,10,15H2,(H,26,33)(H,28,32)/b22-4+. The number of carbonyl (C=O) groups excluding carboxylic acids is 1. The zero-order valence-electron chi connectivity index (χ0n) is 18.1. The van der Waals surface area contributed by atoms with Crippen LogP contribution in [0.4, 0.5) is 0 Å². The molecule has 33 heavy (non-hydrogen) atoms. The number of amides is 1. The number of carbonyl (C=O) groups is 1. The van der Waals surface area contributed by atoms with Gasteiger partial charge in [-0.2, -0.15) is 5.10 Å². The van der Waals surface area contributed by atoms with Crippen molar-refractivity contribution in [1.82, 2.24) is 29.5 Å². The highest BCUT2D eigenvalue weighted by Gasteiger charge is 2.23. The summed E-state index contributed by atoms with van der Waals surface area (Å²) in [5.74, 6) is 0.411. The number of rotatable bonds is 7. The highest BCUT2D eigenvalue weighted by molar-refractivity contribution is 5.93. The van der Waals surface area contributed by atoms with Crippen LogP contribution in [0.15, 0.2) is 60.4 Å². The zero-order valence-corrected chi connectivity index (χ0v) is 18.1. The second kappa shape index (κ2) is 8.38. The second-order valence-corrected chi connectivity index (χ2v) is 8.30. The molecule has 1 saturated carbocycles. The Kier molecular flexibility index (Phi) is 5.26. The number of hydrogen-bond acceptors (Lipinski definition) is 4. The normalized spacial score (nSPS) is 14.0. The van der Waals surface area contributed by atoms with Crippen LogP contribution < -0.4 is 21.4 Å². The van der Waals surface area contributed by atoms with E-state index in [4.69, 9.17) is 0 Å². The first-order chi connectivity index (χ1) is 16.0. The van der Waals surface area contributed by atoms with Gasteiger partial charge >= 0.3 is 0 Å². The van der Waals surface area contributed by atoms with Gasteiger partial charge in [-0.25, -0.2) is 4.98 Å². The van der Waals surface area contributed by atoms with Crippen molar-refractivity contribution >= 4 is 24.2 Å². The maximum absolute atomic E-state index is 12.7. The number of fused-ring (bicyclic) bond motifs is 1. The molecule has 1 fully saturated rings. The quantitative estimate of drug-likeness (QED) is 0.455. The molecular formula is C25H24N6O2. The molecular weight excluding hydrogens is 416 g/mol. The summed E-state index contributed by atoms with van der Waals surface area (Å²) in [5, 5.41) is 8.37. The van der Waals surface area contributed by atoms with Gasteiger partial charge in [0, 0.05) is 41.8 Å². The number of H-pyrrole nitrogens is 1. The van der Waals surface area contributed by atoms with Crippen LogP contribution in [-0.2, 0) is 13.1 Å². The second-order valence-electron chi connectivity index (χ2n) is 8.30. The molecule has 0 aliphatic heterocycles. The summed E-state index contributed by atoms with van der Waals surface area (Å²) >= 11 is 0. The SMILES string of the molecule is C=C/C=c1/c(CNC(=O)c2cnn(Cc3cn4cc(C5CC5)ccc4n3)c2)cc(=O)[nH]c1=C. The van der Waals surface area contributed by atoms with Gasteiger partial charge in [0.2, 0.25) is 5.56 Å². The van der Waals surface area contributed by atoms with E-state index in [-0.39, 0.29) is 18.0 Å². The molecule has 0 spiro atoms. The van der Waals surface area contributed by atoms with Crippen molar-refractivity contribution in [2.75, 3.05) is 0 Å². The molecule has 0 unspecified atom stereocenters. The van der Waals surface area contributed by atoms with E-state index in [2.05, 4.69) is 50.2 Å². The molecule has 0 radical (unpaired) electrons. The van der Waals surface area contributed by atoms with Crippen LogP contribution in [0.3, 0.4) is 0 Å². The summed E-state index contributed by atoms with van der Waals surface area (Å²) in [5.41, 5.74) is 3.95. The fraction of sp³-hybridized carbons (Fsp3) is 0.200. The number of aromatic amines is 1. The summed E-state index contributed by atoms with van der Waals surface area (Å²) in [4.78, 5) is 31.8. The molecule has 0 saturated heterocycles. The lowest BCUT2D eigenvalue weighted by Gasteiger charge is -2.05. The summed E-state index contributed by atoms with van der Waals surface area (Å²) in [6, 6.07) is 5.64. The Bertz CT molecular complexity index is 1540. The summed E-state index contributed by atoms with van der Waals surface area (Å²) in [6.07, 6.45) is 13.3. The third-order valence-corrected chi connectivity index (χ3v) is 5.77. The average Bonchev–Trinajstić information content (AvgIpc) is 3.40. The van der Waals surface area contributed by atoms with Crippen molar-refractivity contribution in [2.24, 2.45) is 0 Å². The van der Waals surface area contributed by atoms with Crippen LogP contribution in [0.2, 0.25) is 0 Å². The van der Waals surface area contributed by atoms with Gasteiger partial charge in [-0.05, 0) is 36.0 Å². The first-order valence-corrected chi connectivity index (χ1v) is 10.8. The van der Waals surface area contributed by atoms with Crippen molar-refractivity contribution in [3.05, 3.63) is 98.9 Å². The van der Waals surface area contributed by atoms with Crippen LogP contribution >= 0.6 is 0 Å². The topological polar surface area (TPSA) is 97.1 Å². The van der Waals surface area contributed by atoms with E-state index < -0.39 is 0 Å². The first kappa shape index (κ1) is 20.7. The minimum Gasteiger partial charge on any atom is -0.348 e. The minimum absolute atomic E-state index is 0.186. The van der Waals surface area contributed by atoms with Crippen molar-refractivity contribution in [3.63, 3.8) is 0 Å². The lowest BCUT2D eigenvalue weighted by Crippen LogP contribution is -2.38. The fourth-order valence-corrected chi connectivity index (χ4v) is 3.96. The third-order valence-electron chi connectivity index (χ3n) is 5.77. The van der Waals surface area contributed by atoms with Gasteiger partial charge in [-0.3, -0.25) is 14.3 Å². The Balaban J connectivity index is 1.28. The van der Waals surface area contributed by atoms with Crippen molar-refractivity contribution in [3.8, 4) is 0 Å². The molecule has 8 nitrogen and oxygen atoms in total. The third kappa shape index (κ3) is 4.41.